The Labute approximate surface area is 72.7 Å². The van der Waals surface area contributed by atoms with E-state index >= 15 is 0 Å². The fraction of sp³-hybridized carbons (Fsp3) is 0.375. The molecule has 58 valence electrons. The van der Waals surface area contributed by atoms with E-state index < -0.39 is 0 Å². The minimum absolute atomic E-state index is 0.222. The number of carbonyl (C=O) groups excluding carboxylic acids is 1. The molecule has 1 aromatic rings. The minimum atomic E-state index is 0.222. The van der Waals surface area contributed by atoms with E-state index in [9.17, 15) is 4.79 Å². The maximum atomic E-state index is 11.3. The lowest BCUT2D eigenvalue weighted by Crippen LogP contribution is -1.98. The molecule has 0 N–H and O–H groups in total. The molecule has 0 atom stereocenters. The van der Waals surface area contributed by atoms with Gasteiger partial charge in [0.2, 0.25) is 0 Å². The summed E-state index contributed by atoms with van der Waals surface area (Å²) in [6.45, 7) is 0. The first-order valence-corrected chi connectivity index (χ1v) is 4.35. The van der Waals surface area contributed by atoms with Crippen molar-refractivity contribution in [3.05, 3.63) is 22.6 Å². The summed E-state index contributed by atoms with van der Waals surface area (Å²) in [4.78, 5) is 11.3. The lowest BCUT2D eigenvalue weighted by molar-refractivity contribution is 0.0967. The van der Waals surface area contributed by atoms with E-state index in [2.05, 4.69) is 15.9 Å². The number of Topliss-reactive ketones (excluding diaryl/α,β-unsaturated/α-hetero) is 1. The zero-order valence-electron chi connectivity index (χ0n) is 5.84. The van der Waals surface area contributed by atoms with Gasteiger partial charge in [-0.1, -0.05) is 0 Å². The summed E-state index contributed by atoms with van der Waals surface area (Å²) in [5.41, 5.74) is 0.694. The SMILES string of the molecule is O=C(c1coc(Br)c1)C1CC1. The summed E-state index contributed by atoms with van der Waals surface area (Å²) in [5, 5.41) is 0. The first-order valence-electron chi connectivity index (χ1n) is 3.55. The highest BCUT2D eigenvalue weighted by Crippen LogP contribution is 2.33. The first kappa shape index (κ1) is 7.10. The number of ketones is 1. The third-order valence-electron chi connectivity index (χ3n) is 1.80. The molecule has 1 fully saturated rings. The van der Waals surface area contributed by atoms with Gasteiger partial charge in [-0.05, 0) is 28.8 Å². The fourth-order valence-electron chi connectivity index (χ4n) is 1.02. The molecule has 0 unspecified atom stereocenters. The van der Waals surface area contributed by atoms with E-state index in [-0.39, 0.29) is 11.7 Å². The Morgan fingerprint density at radius 3 is 2.82 bits per heavy atom. The molecule has 0 spiro atoms. The molecule has 2 rings (SSSR count). The Morgan fingerprint density at radius 2 is 2.36 bits per heavy atom. The van der Waals surface area contributed by atoms with Gasteiger partial charge in [0, 0.05) is 12.0 Å². The van der Waals surface area contributed by atoms with Crippen LogP contribution >= 0.6 is 15.9 Å². The van der Waals surface area contributed by atoms with Gasteiger partial charge in [0.15, 0.2) is 10.5 Å². The second-order valence-corrected chi connectivity index (χ2v) is 3.56. The number of carbonyl (C=O) groups is 1. The number of halogens is 1. The van der Waals surface area contributed by atoms with Crippen molar-refractivity contribution in [3.8, 4) is 0 Å². The van der Waals surface area contributed by atoms with Gasteiger partial charge in [-0.3, -0.25) is 4.79 Å². The average molecular weight is 215 g/mol. The molecule has 1 aliphatic rings. The molecular weight excluding hydrogens is 208 g/mol. The van der Waals surface area contributed by atoms with Gasteiger partial charge in [-0.2, -0.15) is 0 Å². The van der Waals surface area contributed by atoms with Gasteiger partial charge < -0.3 is 4.42 Å². The van der Waals surface area contributed by atoms with E-state index in [1.807, 2.05) is 0 Å². The molecule has 2 nitrogen and oxygen atoms in total. The van der Waals surface area contributed by atoms with Crippen molar-refractivity contribution in [2.45, 2.75) is 12.8 Å². The van der Waals surface area contributed by atoms with Crippen LogP contribution in [0.4, 0.5) is 0 Å². The van der Waals surface area contributed by atoms with E-state index in [1.54, 1.807) is 6.07 Å². The Kier molecular flexibility index (Phi) is 1.60. The largest absolute Gasteiger partial charge is 0.457 e. The van der Waals surface area contributed by atoms with Crippen LogP contribution in [0.1, 0.15) is 23.2 Å². The van der Waals surface area contributed by atoms with Gasteiger partial charge in [0.1, 0.15) is 6.26 Å². The summed E-state index contributed by atoms with van der Waals surface area (Å²) in [7, 11) is 0. The average Bonchev–Trinajstić information content (AvgIpc) is 2.74. The summed E-state index contributed by atoms with van der Waals surface area (Å²) in [5.74, 6) is 0.499. The van der Waals surface area contributed by atoms with Gasteiger partial charge in [0.05, 0.1) is 5.56 Å². The topological polar surface area (TPSA) is 30.2 Å². The zero-order valence-corrected chi connectivity index (χ0v) is 7.43. The minimum Gasteiger partial charge on any atom is -0.457 e. The predicted molar refractivity (Wildman–Crippen MR) is 43.5 cm³/mol. The van der Waals surface area contributed by atoms with Crippen molar-refractivity contribution >= 4 is 21.7 Å². The third-order valence-corrected chi connectivity index (χ3v) is 2.22. The molecular formula is C8H7BrO2. The number of hydrogen-bond donors (Lipinski definition) is 0. The third kappa shape index (κ3) is 1.38. The van der Waals surface area contributed by atoms with E-state index in [1.165, 1.54) is 6.26 Å². The van der Waals surface area contributed by atoms with Crippen LogP contribution in [0.3, 0.4) is 0 Å². The predicted octanol–water partition coefficient (Wildman–Crippen LogP) is 2.63. The van der Waals surface area contributed by atoms with E-state index in [0.29, 0.717) is 10.2 Å². The number of furan rings is 1. The Hall–Kier alpha value is -0.570. The lowest BCUT2D eigenvalue weighted by Gasteiger charge is -1.88. The van der Waals surface area contributed by atoms with Crippen molar-refractivity contribution in [1.82, 2.24) is 0 Å². The maximum Gasteiger partial charge on any atom is 0.169 e. The van der Waals surface area contributed by atoms with Crippen LogP contribution in [-0.4, -0.2) is 5.78 Å². The quantitative estimate of drug-likeness (QED) is 0.709. The molecule has 0 aromatic carbocycles. The lowest BCUT2D eigenvalue weighted by atomic mass is 10.1. The van der Waals surface area contributed by atoms with Crippen molar-refractivity contribution in [2.75, 3.05) is 0 Å². The van der Waals surface area contributed by atoms with E-state index in [4.69, 9.17) is 4.42 Å². The van der Waals surface area contributed by atoms with Crippen LogP contribution in [0.25, 0.3) is 0 Å². The van der Waals surface area contributed by atoms with Crippen LogP contribution in [-0.2, 0) is 0 Å². The highest BCUT2D eigenvalue weighted by atomic mass is 79.9. The number of hydrogen-bond acceptors (Lipinski definition) is 2. The molecule has 0 saturated heterocycles. The van der Waals surface area contributed by atoms with Crippen molar-refractivity contribution in [1.29, 1.82) is 0 Å². The molecule has 1 heterocycles. The van der Waals surface area contributed by atoms with Crippen LogP contribution < -0.4 is 0 Å². The van der Waals surface area contributed by atoms with Crippen LogP contribution in [0.15, 0.2) is 21.4 Å². The zero-order chi connectivity index (χ0) is 7.84. The molecule has 0 aliphatic heterocycles. The van der Waals surface area contributed by atoms with Crippen LogP contribution in [0, 0.1) is 5.92 Å². The molecule has 0 bridgehead atoms. The van der Waals surface area contributed by atoms with Gasteiger partial charge >= 0.3 is 0 Å². The Balaban J connectivity index is 2.21. The van der Waals surface area contributed by atoms with Gasteiger partial charge in [-0.15, -0.1) is 0 Å². The summed E-state index contributed by atoms with van der Waals surface area (Å²) >= 11 is 3.15. The molecule has 11 heavy (non-hydrogen) atoms. The monoisotopic (exact) mass is 214 g/mol. The first-order chi connectivity index (χ1) is 5.27. The Bertz CT molecular complexity index is 286. The maximum absolute atomic E-state index is 11.3. The fourth-order valence-corrected chi connectivity index (χ4v) is 1.36. The standard InChI is InChI=1S/C8H7BrO2/c9-7-3-6(4-11-7)8(10)5-1-2-5/h3-5H,1-2H2. The second-order valence-electron chi connectivity index (χ2n) is 2.78. The van der Waals surface area contributed by atoms with Gasteiger partial charge in [0.25, 0.3) is 0 Å². The van der Waals surface area contributed by atoms with Crippen molar-refractivity contribution in [2.24, 2.45) is 5.92 Å². The molecule has 1 saturated carbocycles. The summed E-state index contributed by atoms with van der Waals surface area (Å²) in [6.07, 6.45) is 3.59. The van der Waals surface area contributed by atoms with Crippen LogP contribution in [0.2, 0.25) is 0 Å². The highest BCUT2D eigenvalue weighted by molar-refractivity contribution is 9.10. The number of rotatable bonds is 2. The Morgan fingerprint density at radius 1 is 1.64 bits per heavy atom. The summed E-state index contributed by atoms with van der Waals surface area (Å²) in [6, 6.07) is 1.72. The second kappa shape index (κ2) is 2.48. The molecule has 1 aromatic heterocycles. The van der Waals surface area contributed by atoms with E-state index in [0.717, 1.165) is 12.8 Å². The molecule has 0 radical (unpaired) electrons. The van der Waals surface area contributed by atoms with Gasteiger partial charge in [-0.25, -0.2) is 0 Å². The van der Waals surface area contributed by atoms with Crippen molar-refractivity contribution < 1.29 is 9.21 Å². The molecule has 0 amide bonds. The highest BCUT2D eigenvalue weighted by Gasteiger charge is 2.31. The van der Waals surface area contributed by atoms with Crippen molar-refractivity contribution in [3.63, 3.8) is 0 Å². The smallest absolute Gasteiger partial charge is 0.169 e. The molecule has 1 aliphatic carbocycles. The van der Waals surface area contributed by atoms with Crippen LogP contribution in [0.5, 0.6) is 0 Å². The summed E-state index contributed by atoms with van der Waals surface area (Å²) < 4.78 is 5.59. The molecule has 3 heteroatoms. The normalized spacial score (nSPS) is 16.8.